The van der Waals surface area contributed by atoms with E-state index in [1.54, 1.807) is 25.6 Å². The van der Waals surface area contributed by atoms with Gasteiger partial charge in [0.05, 0.1) is 26.6 Å². The molecule has 158 valence electrons. The largest absolute Gasteiger partial charge is 0.494 e. The smallest absolute Gasteiger partial charge is 0.191 e. The van der Waals surface area contributed by atoms with Crippen LogP contribution in [0.5, 0.6) is 5.75 Å². The number of imidazole rings is 1. The van der Waals surface area contributed by atoms with Crippen LogP contribution in [0.4, 0.5) is 11.5 Å². The van der Waals surface area contributed by atoms with Crippen molar-refractivity contribution in [3.63, 3.8) is 0 Å². The van der Waals surface area contributed by atoms with Crippen molar-refractivity contribution in [2.75, 3.05) is 38.8 Å². The molecule has 11 heteroatoms. The van der Waals surface area contributed by atoms with Crippen LogP contribution < -0.4 is 9.64 Å². The Morgan fingerprint density at radius 1 is 1.33 bits per heavy atom. The minimum Gasteiger partial charge on any atom is -0.494 e. The molecule has 1 atom stereocenters. The zero-order valence-electron chi connectivity index (χ0n) is 16.9. The van der Waals surface area contributed by atoms with Crippen molar-refractivity contribution in [2.24, 2.45) is 12.2 Å². The number of aryl methyl sites for hydroxylation is 1. The average Bonchev–Trinajstić information content (AvgIpc) is 3.17. The first kappa shape index (κ1) is 20.5. The molecule has 4 rings (SSSR count). The second kappa shape index (κ2) is 8.94. The van der Waals surface area contributed by atoms with Crippen LogP contribution >= 0.6 is 11.8 Å². The molecule has 0 spiro atoms. The fourth-order valence-corrected chi connectivity index (χ4v) is 4.03. The van der Waals surface area contributed by atoms with E-state index in [2.05, 4.69) is 20.0 Å². The van der Waals surface area contributed by atoms with Crippen LogP contribution in [0.15, 0.2) is 34.9 Å². The van der Waals surface area contributed by atoms with Gasteiger partial charge in [0.15, 0.2) is 28.4 Å². The van der Waals surface area contributed by atoms with Crippen LogP contribution in [-0.4, -0.2) is 59.7 Å². The average molecular weight is 430 g/mol. The molecule has 1 saturated heterocycles. The topological polar surface area (TPSA) is 104 Å². The predicted molar refractivity (Wildman–Crippen MR) is 113 cm³/mol. The SMILES string of the molecule is COc1ccc(CSc2nc(N3CCOC(OC)C3)c3ncn(C)c3n2)cc1N=O. The van der Waals surface area contributed by atoms with E-state index < -0.39 is 0 Å². The van der Waals surface area contributed by atoms with Gasteiger partial charge in [-0.05, 0) is 22.9 Å². The van der Waals surface area contributed by atoms with Gasteiger partial charge in [-0.15, -0.1) is 4.91 Å². The van der Waals surface area contributed by atoms with E-state index in [0.717, 1.165) is 22.5 Å². The first-order chi connectivity index (χ1) is 14.6. The van der Waals surface area contributed by atoms with Crippen molar-refractivity contribution in [1.82, 2.24) is 19.5 Å². The molecule has 1 aromatic carbocycles. The van der Waals surface area contributed by atoms with E-state index in [-0.39, 0.29) is 12.0 Å². The van der Waals surface area contributed by atoms with Crippen molar-refractivity contribution >= 4 is 34.4 Å². The van der Waals surface area contributed by atoms with Gasteiger partial charge in [-0.2, -0.15) is 0 Å². The number of aromatic nitrogens is 4. The van der Waals surface area contributed by atoms with E-state index >= 15 is 0 Å². The van der Waals surface area contributed by atoms with Gasteiger partial charge in [-0.1, -0.05) is 17.8 Å². The molecule has 1 fully saturated rings. The highest BCUT2D eigenvalue weighted by Gasteiger charge is 2.25. The van der Waals surface area contributed by atoms with Crippen LogP contribution in [0, 0.1) is 4.91 Å². The van der Waals surface area contributed by atoms with Gasteiger partial charge in [0, 0.05) is 26.5 Å². The molecule has 0 saturated carbocycles. The summed E-state index contributed by atoms with van der Waals surface area (Å²) in [6, 6.07) is 5.35. The summed E-state index contributed by atoms with van der Waals surface area (Å²) in [5, 5.41) is 3.66. The summed E-state index contributed by atoms with van der Waals surface area (Å²) in [7, 11) is 5.04. The molecular formula is C19H22N6O4S. The maximum atomic E-state index is 11.0. The fraction of sp³-hybridized carbons (Fsp3) is 0.421. The molecule has 0 radical (unpaired) electrons. The number of nitroso groups, excluding NO2 is 1. The Morgan fingerprint density at radius 2 is 2.20 bits per heavy atom. The minimum absolute atomic E-state index is 0.276. The van der Waals surface area contributed by atoms with Gasteiger partial charge in [0.25, 0.3) is 0 Å². The normalized spacial score (nSPS) is 16.8. The molecule has 0 bridgehead atoms. The second-order valence-corrected chi connectivity index (χ2v) is 7.67. The highest BCUT2D eigenvalue weighted by Crippen LogP contribution is 2.32. The summed E-state index contributed by atoms with van der Waals surface area (Å²) in [6.45, 7) is 1.81. The molecule has 1 aliphatic heterocycles. The maximum absolute atomic E-state index is 11.0. The molecule has 0 N–H and O–H groups in total. The van der Waals surface area contributed by atoms with E-state index in [4.69, 9.17) is 19.2 Å². The molecule has 3 heterocycles. The van der Waals surface area contributed by atoms with Gasteiger partial charge in [-0.25, -0.2) is 15.0 Å². The van der Waals surface area contributed by atoms with Crippen LogP contribution in [0.1, 0.15) is 5.56 Å². The van der Waals surface area contributed by atoms with E-state index in [1.165, 1.54) is 18.9 Å². The number of benzene rings is 1. The van der Waals surface area contributed by atoms with Crippen LogP contribution in [0.3, 0.4) is 0 Å². The summed E-state index contributed by atoms with van der Waals surface area (Å²) in [6.07, 6.45) is 1.42. The lowest BCUT2D eigenvalue weighted by atomic mass is 10.2. The summed E-state index contributed by atoms with van der Waals surface area (Å²) in [5.74, 6) is 1.80. The molecule has 3 aromatic rings. The molecule has 1 aliphatic rings. The van der Waals surface area contributed by atoms with Gasteiger partial charge < -0.3 is 23.7 Å². The Balaban J connectivity index is 1.61. The van der Waals surface area contributed by atoms with Gasteiger partial charge >= 0.3 is 0 Å². The number of fused-ring (bicyclic) bond motifs is 1. The van der Waals surface area contributed by atoms with E-state index in [0.29, 0.717) is 36.4 Å². The molecule has 2 aromatic heterocycles. The van der Waals surface area contributed by atoms with Crippen molar-refractivity contribution in [3.8, 4) is 5.75 Å². The van der Waals surface area contributed by atoms with Crippen LogP contribution in [-0.2, 0) is 22.3 Å². The monoisotopic (exact) mass is 430 g/mol. The Hall–Kier alpha value is -2.76. The highest BCUT2D eigenvalue weighted by atomic mass is 32.2. The Bertz CT molecular complexity index is 1060. The number of morpholine rings is 1. The third-order valence-corrected chi connectivity index (χ3v) is 5.75. The zero-order chi connectivity index (χ0) is 21.1. The van der Waals surface area contributed by atoms with Gasteiger partial charge in [-0.3, -0.25) is 0 Å². The molecular weight excluding hydrogens is 408 g/mol. The van der Waals surface area contributed by atoms with Crippen molar-refractivity contribution in [3.05, 3.63) is 35.0 Å². The second-order valence-electron chi connectivity index (χ2n) is 6.73. The van der Waals surface area contributed by atoms with Crippen LogP contribution in [0.2, 0.25) is 0 Å². The number of ether oxygens (including phenoxy) is 3. The Labute approximate surface area is 177 Å². The van der Waals surface area contributed by atoms with Gasteiger partial charge in [0.1, 0.15) is 11.4 Å². The Kier molecular flexibility index (Phi) is 6.11. The molecule has 0 amide bonds. The number of anilines is 1. The Morgan fingerprint density at radius 3 is 2.97 bits per heavy atom. The van der Waals surface area contributed by atoms with Crippen LogP contribution in [0.25, 0.3) is 11.2 Å². The standard InChI is InChI=1S/C19H22N6O4S/c1-24-11-20-16-17(24)21-19(22-18(16)25-6-7-29-15(9-25)28-3)30-10-12-4-5-14(27-2)13(8-12)23-26/h4-5,8,11,15H,6-7,9-10H2,1-3H3. The van der Waals surface area contributed by atoms with Crippen molar-refractivity contribution in [2.45, 2.75) is 17.2 Å². The molecule has 1 unspecified atom stereocenters. The number of nitrogens with zero attached hydrogens (tertiary/aromatic N) is 6. The zero-order valence-corrected chi connectivity index (χ0v) is 17.8. The minimum atomic E-state index is -0.308. The third-order valence-electron chi connectivity index (χ3n) is 4.83. The number of hydrogen-bond acceptors (Lipinski definition) is 10. The van der Waals surface area contributed by atoms with E-state index in [1.807, 2.05) is 17.7 Å². The van der Waals surface area contributed by atoms with E-state index in [9.17, 15) is 4.91 Å². The summed E-state index contributed by atoms with van der Waals surface area (Å²) < 4.78 is 18.0. The third kappa shape index (κ3) is 4.09. The first-order valence-corrected chi connectivity index (χ1v) is 10.3. The summed E-state index contributed by atoms with van der Waals surface area (Å²) in [5.41, 5.74) is 2.71. The molecule has 0 aliphatic carbocycles. The molecule has 30 heavy (non-hydrogen) atoms. The highest BCUT2D eigenvalue weighted by molar-refractivity contribution is 7.98. The van der Waals surface area contributed by atoms with Crippen molar-refractivity contribution in [1.29, 1.82) is 0 Å². The summed E-state index contributed by atoms with van der Waals surface area (Å²) in [4.78, 5) is 27.1. The predicted octanol–water partition coefficient (Wildman–Crippen LogP) is 2.87. The quantitative estimate of drug-likeness (QED) is 0.318. The number of methoxy groups -OCH3 is 2. The first-order valence-electron chi connectivity index (χ1n) is 9.34. The number of hydrogen-bond donors (Lipinski definition) is 0. The van der Waals surface area contributed by atoms with Crippen molar-refractivity contribution < 1.29 is 14.2 Å². The number of thioether (sulfide) groups is 1. The van der Waals surface area contributed by atoms with Gasteiger partial charge in [0.2, 0.25) is 0 Å². The maximum Gasteiger partial charge on any atom is 0.191 e. The summed E-state index contributed by atoms with van der Waals surface area (Å²) >= 11 is 1.48. The molecule has 10 nitrogen and oxygen atoms in total. The lowest BCUT2D eigenvalue weighted by Crippen LogP contribution is -2.43. The lowest BCUT2D eigenvalue weighted by molar-refractivity contribution is -0.128. The number of rotatable bonds is 7. The fourth-order valence-electron chi connectivity index (χ4n) is 3.26. The lowest BCUT2D eigenvalue weighted by Gasteiger charge is -2.32.